The average molecular weight is 463 g/mol. The van der Waals surface area contributed by atoms with E-state index in [1.807, 2.05) is 56.3 Å². The zero-order valence-electron chi connectivity index (χ0n) is 18.1. The lowest BCUT2D eigenvalue weighted by Gasteiger charge is -2.11. The van der Waals surface area contributed by atoms with Crippen LogP contribution < -0.4 is 14.9 Å². The molecule has 8 nitrogen and oxygen atoms in total. The molecule has 168 valence electrons. The number of thiazole rings is 1. The highest BCUT2D eigenvalue weighted by Crippen LogP contribution is 2.26. The van der Waals surface area contributed by atoms with Crippen molar-refractivity contribution in [3.05, 3.63) is 87.5 Å². The Bertz CT molecular complexity index is 1290. The van der Waals surface area contributed by atoms with E-state index in [1.54, 1.807) is 6.07 Å². The standard InChI is InChI=1S/C24H22N4O4S/c1-16-7-9-20(13-17(16)2)31-11-12-32-22-10-8-19(28(29)30)14-18(22)15-25-27-24-26-21-5-3-4-6-23(21)33-24/h3-10,13-15H,11-12H2,1-2H3,(H,26,27)/b25-15+. The molecule has 0 radical (unpaired) electrons. The Labute approximate surface area is 194 Å². The van der Waals surface area contributed by atoms with Gasteiger partial charge in [-0.1, -0.05) is 29.5 Å². The van der Waals surface area contributed by atoms with Gasteiger partial charge < -0.3 is 9.47 Å². The molecule has 0 aliphatic carbocycles. The second-order valence-corrected chi connectivity index (χ2v) is 8.31. The zero-order valence-corrected chi connectivity index (χ0v) is 19.0. The SMILES string of the molecule is Cc1ccc(OCCOc2ccc([N+](=O)[O-])cc2/C=N/Nc2nc3ccccc3s2)cc1C. The number of aryl methyl sites for hydroxylation is 2. The van der Waals surface area contributed by atoms with Gasteiger partial charge in [-0.05, 0) is 55.3 Å². The maximum Gasteiger partial charge on any atom is 0.270 e. The average Bonchev–Trinajstić information content (AvgIpc) is 3.22. The third kappa shape index (κ3) is 5.64. The number of benzene rings is 3. The van der Waals surface area contributed by atoms with Crippen LogP contribution in [0.15, 0.2) is 65.8 Å². The first-order valence-corrected chi connectivity index (χ1v) is 11.1. The summed E-state index contributed by atoms with van der Waals surface area (Å²) in [4.78, 5) is 15.2. The van der Waals surface area contributed by atoms with Gasteiger partial charge in [0.25, 0.3) is 5.69 Å². The van der Waals surface area contributed by atoms with Gasteiger partial charge in [0.15, 0.2) is 0 Å². The van der Waals surface area contributed by atoms with Crippen LogP contribution in [0, 0.1) is 24.0 Å². The van der Waals surface area contributed by atoms with Crippen LogP contribution in [-0.2, 0) is 0 Å². The Morgan fingerprint density at radius 1 is 1.06 bits per heavy atom. The van der Waals surface area contributed by atoms with Crippen LogP contribution in [0.2, 0.25) is 0 Å². The number of non-ortho nitro benzene ring substituents is 1. The van der Waals surface area contributed by atoms with Crippen LogP contribution in [0.25, 0.3) is 10.2 Å². The molecule has 9 heteroatoms. The van der Waals surface area contributed by atoms with Gasteiger partial charge in [0.2, 0.25) is 5.13 Å². The highest BCUT2D eigenvalue weighted by atomic mass is 32.1. The van der Waals surface area contributed by atoms with Crippen LogP contribution in [-0.4, -0.2) is 29.3 Å². The number of hydrogen-bond acceptors (Lipinski definition) is 8. The maximum atomic E-state index is 11.2. The number of anilines is 1. The molecule has 3 aromatic carbocycles. The summed E-state index contributed by atoms with van der Waals surface area (Å²) >= 11 is 1.47. The Balaban J connectivity index is 1.42. The predicted molar refractivity (Wildman–Crippen MR) is 131 cm³/mol. The minimum Gasteiger partial charge on any atom is -0.490 e. The molecule has 33 heavy (non-hydrogen) atoms. The zero-order chi connectivity index (χ0) is 23.2. The molecular weight excluding hydrogens is 440 g/mol. The van der Waals surface area contributed by atoms with Crippen molar-refractivity contribution in [1.29, 1.82) is 0 Å². The minimum absolute atomic E-state index is 0.0461. The minimum atomic E-state index is -0.453. The van der Waals surface area contributed by atoms with E-state index in [0.29, 0.717) is 23.1 Å². The summed E-state index contributed by atoms with van der Waals surface area (Å²) in [5.74, 6) is 1.24. The van der Waals surface area contributed by atoms with E-state index in [4.69, 9.17) is 9.47 Å². The van der Waals surface area contributed by atoms with Gasteiger partial charge in [-0.2, -0.15) is 5.10 Å². The number of nitro groups is 1. The number of nitrogens with one attached hydrogen (secondary N) is 1. The first kappa shape index (κ1) is 22.2. The Hall–Kier alpha value is -3.98. The number of hydrazone groups is 1. The van der Waals surface area contributed by atoms with Crippen LogP contribution in [0.5, 0.6) is 11.5 Å². The smallest absolute Gasteiger partial charge is 0.270 e. The highest BCUT2D eigenvalue weighted by molar-refractivity contribution is 7.22. The summed E-state index contributed by atoms with van der Waals surface area (Å²) < 4.78 is 12.6. The first-order chi connectivity index (χ1) is 16.0. The van der Waals surface area contributed by atoms with Crippen molar-refractivity contribution in [3.63, 3.8) is 0 Å². The number of hydrogen-bond donors (Lipinski definition) is 1. The third-order valence-electron chi connectivity index (χ3n) is 4.95. The van der Waals surface area contributed by atoms with Crippen molar-refractivity contribution in [2.75, 3.05) is 18.6 Å². The van der Waals surface area contributed by atoms with E-state index in [9.17, 15) is 10.1 Å². The monoisotopic (exact) mass is 462 g/mol. The summed E-state index contributed by atoms with van der Waals surface area (Å²) in [5, 5.41) is 16.0. The Morgan fingerprint density at radius 3 is 2.67 bits per heavy atom. The van der Waals surface area contributed by atoms with Crippen LogP contribution in [0.3, 0.4) is 0 Å². The fourth-order valence-corrected chi connectivity index (χ4v) is 3.89. The van der Waals surface area contributed by atoms with Gasteiger partial charge in [0, 0.05) is 17.7 Å². The fraction of sp³-hybridized carbons (Fsp3) is 0.167. The molecular formula is C24H22N4O4S. The van der Waals surface area contributed by atoms with E-state index in [2.05, 4.69) is 15.5 Å². The molecule has 1 aromatic heterocycles. The van der Waals surface area contributed by atoms with Gasteiger partial charge >= 0.3 is 0 Å². The van der Waals surface area contributed by atoms with Crippen LogP contribution in [0.4, 0.5) is 10.8 Å². The summed E-state index contributed by atoms with van der Waals surface area (Å²) in [6.07, 6.45) is 1.48. The largest absolute Gasteiger partial charge is 0.490 e. The second kappa shape index (κ2) is 10.1. The van der Waals surface area contributed by atoms with Crippen LogP contribution >= 0.6 is 11.3 Å². The predicted octanol–water partition coefficient (Wildman–Crippen LogP) is 5.73. The van der Waals surface area contributed by atoms with E-state index < -0.39 is 4.92 Å². The van der Waals surface area contributed by atoms with E-state index in [-0.39, 0.29) is 12.3 Å². The number of aromatic nitrogens is 1. The van der Waals surface area contributed by atoms with Crippen molar-refractivity contribution in [1.82, 2.24) is 4.98 Å². The quantitative estimate of drug-likeness (QED) is 0.148. The maximum absolute atomic E-state index is 11.2. The Kier molecular flexibility index (Phi) is 6.80. The molecule has 0 bridgehead atoms. The Morgan fingerprint density at radius 2 is 1.88 bits per heavy atom. The summed E-state index contributed by atoms with van der Waals surface area (Å²) in [5.41, 5.74) is 6.55. The van der Waals surface area contributed by atoms with E-state index in [0.717, 1.165) is 21.5 Å². The molecule has 0 fully saturated rings. The van der Waals surface area contributed by atoms with Crippen molar-refractivity contribution in [2.45, 2.75) is 13.8 Å². The second-order valence-electron chi connectivity index (χ2n) is 7.28. The van der Waals surface area contributed by atoms with Gasteiger partial charge in [-0.3, -0.25) is 15.5 Å². The molecule has 0 saturated carbocycles. The van der Waals surface area contributed by atoms with E-state index >= 15 is 0 Å². The number of ether oxygens (including phenoxy) is 2. The molecule has 1 heterocycles. The first-order valence-electron chi connectivity index (χ1n) is 10.3. The molecule has 0 unspecified atom stereocenters. The van der Waals surface area contributed by atoms with Crippen molar-refractivity contribution >= 4 is 38.6 Å². The fourth-order valence-electron chi connectivity index (χ4n) is 3.07. The number of nitro benzene ring substituents is 1. The van der Waals surface area contributed by atoms with Gasteiger partial charge in [0.05, 0.1) is 21.4 Å². The lowest BCUT2D eigenvalue weighted by atomic mass is 10.1. The van der Waals surface area contributed by atoms with Crippen LogP contribution in [0.1, 0.15) is 16.7 Å². The van der Waals surface area contributed by atoms with Gasteiger partial charge in [0.1, 0.15) is 24.7 Å². The summed E-state index contributed by atoms with van der Waals surface area (Å²) in [6.45, 7) is 4.69. The molecule has 0 aliphatic heterocycles. The lowest BCUT2D eigenvalue weighted by molar-refractivity contribution is -0.384. The molecule has 0 aliphatic rings. The molecule has 0 amide bonds. The molecule has 1 N–H and O–H groups in total. The normalized spacial score (nSPS) is 11.1. The number of fused-ring (bicyclic) bond motifs is 1. The molecule has 0 saturated heterocycles. The van der Waals surface area contributed by atoms with Gasteiger partial charge in [-0.15, -0.1) is 0 Å². The molecule has 4 aromatic rings. The number of rotatable bonds is 9. The van der Waals surface area contributed by atoms with E-state index in [1.165, 1.54) is 35.2 Å². The summed E-state index contributed by atoms with van der Waals surface area (Å²) in [7, 11) is 0. The van der Waals surface area contributed by atoms with Gasteiger partial charge in [-0.25, -0.2) is 4.98 Å². The van der Waals surface area contributed by atoms with Crippen molar-refractivity contribution < 1.29 is 14.4 Å². The summed E-state index contributed by atoms with van der Waals surface area (Å²) in [6, 6.07) is 18.1. The molecule has 0 atom stereocenters. The highest BCUT2D eigenvalue weighted by Gasteiger charge is 2.11. The van der Waals surface area contributed by atoms with Crippen molar-refractivity contribution in [2.24, 2.45) is 5.10 Å². The number of nitrogens with zero attached hydrogens (tertiary/aromatic N) is 3. The topological polar surface area (TPSA) is 98.9 Å². The number of para-hydroxylation sites is 1. The third-order valence-corrected chi connectivity index (χ3v) is 5.89. The molecule has 4 rings (SSSR count). The van der Waals surface area contributed by atoms with Crippen molar-refractivity contribution in [3.8, 4) is 11.5 Å². The molecule has 0 spiro atoms. The lowest BCUT2D eigenvalue weighted by Crippen LogP contribution is -2.10.